The van der Waals surface area contributed by atoms with Crippen molar-refractivity contribution in [2.45, 2.75) is 6.92 Å². The molecular formula is C14H12N2O5. The number of nitrogens with one attached hydrogen (secondary N) is 1. The van der Waals surface area contributed by atoms with Crippen molar-refractivity contribution < 1.29 is 19.2 Å². The molecule has 0 aliphatic carbocycles. The molecule has 0 saturated carbocycles. The van der Waals surface area contributed by atoms with Gasteiger partial charge in [-0.3, -0.25) is 14.9 Å². The fourth-order valence-corrected chi connectivity index (χ4v) is 1.87. The van der Waals surface area contributed by atoms with E-state index < -0.39 is 16.8 Å². The maximum Gasteiger partial charge on any atom is 0.331 e. The first kappa shape index (κ1) is 14.4. The summed E-state index contributed by atoms with van der Waals surface area (Å²) in [6.07, 6.45) is 3.95. The van der Waals surface area contributed by atoms with Gasteiger partial charge in [-0.1, -0.05) is 0 Å². The molecule has 1 aromatic rings. The van der Waals surface area contributed by atoms with Crippen LogP contribution in [0.3, 0.4) is 0 Å². The fourth-order valence-electron chi connectivity index (χ4n) is 1.87. The van der Waals surface area contributed by atoms with E-state index in [1.165, 1.54) is 36.4 Å². The summed E-state index contributed by atoms with van der Waals surface area (Å²) in [5.74, 6) is -0.972. The summed E-state index contributed by atoms with van der Waals surface area (Å²) < 4.78 is 4.83. The lowest BCUT2D eigenvalue weighted by molar-refractivity contribution is -0.384. The molecule has 0 unspecified atom stereocenters. The van der Waals surface area contributed by atoms with Crippen LogP contribution in [0.25, 0.3) is 5.57 Å². The third-order valence-corrected chi connectivity index (χ3v) is 2.76. The van der Waals surface area contributed by atoms with Crippen LogP contribution in [0.4, 0.5) is 11.4 Å². The lowest BCUT2D eigenvalue weighted by Crippen LogP contribution is -2.07. The predicted molar refractivity (Wildman–Crippen MR) is 75.5 cm³/mol. The van der Waals surface area contributed by atoms with Gasteiger partial charge in [-0.2, -0.15) is 0 Å². The number of anilines is 1. The van der Waals surface area contributed by atoms with Gasteiger partial charge in [-0.05, 0) is 24.6 Å². The van der Waals surface area contributed by atoms with Gasteiger partial charge in [0.05, 0.1) is 17.2 Å². The Bertz CT molecular complexity index is 676. The zero-order valence-electron chi connectivity index (χ0n) is 11.2. The van der Waals surface area contributed by atoms with Crippen LogP contribution in [0.15, 0.2) is 36.4 Å². The van der Waals surface area contributed by atoms with Crippen molar-refractivity contribution in [2.75, 3.05) is 11.9 Å². The van der Waals surface area contributed by atoms with Crippen LogP contribution in [-0.2, 0) is 14.3 Å². The van der Waals surface area contributed by atoms with Gasteiger partial charge in [0.1, 0.15) is 0 Å². The smallest absolute Gasteiger partial charge is 0.331 e. The molecule has 1 N–H and O–H groups in total. The normalized spacial score (nSPS) is 15.1. The number of esters is 1. The lowest BCUT2D eigenvalue weighted by Gasteiger charge is -2.08. The van der Waals surface area contributed by atoms with Gasteiger partial charge in [-0.25, -0.2) is 4.79 Å². The number of nitrogens with zero attached hydrogens (tertiary/aromatic N) is 1. The number of ether oxygens (including phenoxy) is 1. The van der Waals surface area contributed by atoms with Crippen molar-refractivity contribution in [3.63, 3.8) is 0 Å². The summed E-state index contributed by atoms with van der Waals surface area (Å²) in [5.41, 5.74) is 1.08. The van der Waals surface area contributed by atoms with E-state index in [9.17, 15) is 19.7 Å². The van der Waals surface area contributed by atoms with Gasteiger partial charge >= 0.3 is 5.97 Å². The first-order valence-electron chi connectivity index (χ1n) is 6.17. The van der Waals surface area contributed by atoms with Crippen molar-refractivity contribution in [1.82, 2.24) is 0 Å². The van der Waals surface area contributed by atoms with Crippen molar-refractivity contribution in [3.05, 3.63) is 52.1 Å². The highest BCUT2D eigenvalue weighted by atomic mass is 16.6. The van der Waals surface area contributed by atoms with E-state index in [4.69, 9.17) is 4.74 Å². The highest BCUT2D eigenvalue weighted by molar-refractivity contribution is 6.08. The van der Waals surface area contributed by atoms with E-state index in [2.05, 4.69) is 5.32 Å². The molecule has 1 aliphatic heterocycles. The SMILES string of the molecule is CCOC(=O)C=C1C=CC(=O)Nc2cc([N+](=O)[O-])ccc21. The minimum atomic E-state index is -0.556. The third kappa shape index (κ3) is 3.33. The van der Waals surface area contributed by atoms with E-state index in [-0.39, 0.29) is 18.0 Å². The van der Waals surface area contributed by atoms with Gasteiger partial charge in [0, 0.05) is 29.8 Å². The Labute approximate surface area is 120 Å². The maximum atomic E-state index is 11.6. The van der Waals surface area contributed by atoms with Gasteiger partial charge < -0.3 is 10.1 Å². The van der Waals surface area contributed by atoms with Crippen molar-refractivity contribution in [3.8, 4) is 0 Å². The first-order chi connectivity index (χ1) is 10.0. The molecule has 0 aromatic heterocycles. The number of hydrogen-bond acceptors (Lipinski definition) is 5. The zero-order valence-corrected chi connectivity index (χ0v) is 11.2. The van der Waals surface area contributed by atoms with E-state index >= 15 is 0 Å². The van der Waals surface area contributed by atoms with Crippen LogP contribution in [0.2, 0.25) is 0 Å². The molecule has 1 aliphatic rings. The summed E-state index contributed by atoms with van der Waals surface area (Å²) >= 11 is 0. The number of carbonyl (C=O) groups excluding carboxylic acids is 2. The Morgan fingerprint density at radius 1 is 1.43 bits per heavy atom. The second kappa shape index (κ2) is 6.00. The highest BCUT2D eigenvalue weighted by Gasteiger charge is 2.17. The van der Waals surface area contributed by atoms with E-state index in [0.29, 0.717) is 11.1 Å². The van der Waals surface area contributed by atoms with Crippen molar-refractivity contribution in [2.24, 2.45) is 0 Å². The second-order valence-corrected chi connectivity index (χ2v) is 4.16. The zero-order chi connectivity index (χ0) is 15.4. The van der Waals surface area contributed by atoms with Crippen molar-refractivity contribution >= 4 is 28.8 Å². The molecule has 0 radical (unpaired) electrons. The summed E-state index contributed by atoms with van der Waals surface area (Å²) in [7, 11) is 0. The fraction of sp³-hybridized carbons (Fsp3) is 0.143. The third-order valence-electron chi connectivity index (χ3n) is 2.76. The Morgan fingerprint density at radius 3 is 2.86 bits per heavy atom. The lowest BCUT2D eigenvalue weighted by atomic mass is 10.0. The molecule has 0 atom stereocenters. The van der Waals surface area contributed by atoms with E-state index in [1.807, 2.05) is 0 Å². The molecular weight excluding hydrogens is 276 g/mol. The Kier molecular flexibility index (Phi) is 4.13. The number of allylic oxidation sites excluding steroid dienone is 2. The Morgan fingerprint density at radius 2 is 2.19 bits per heavy atom. The van der Waals surface area contributed by atoms with Gasteiger partial charge in [0.15, 0.2) is 0 Å². The Balaban J connectivity index is 2.50. The summed E-state index contributed by atoms with van der Waals surface area (Å²) in [4.78, 5) is 33.3. The number of fused-ring (bicyclic) bond motifs is 1. The number of nitro groups is 1. The number of benzene rings is 1. The number of carbonyl (C=O) groups is 2. The number of hydrogen-bond donors (Lipinski definition) is 1. The van der Waals surface area contributed by atoms with Gasteiger partial charge in [-0.15, -0.1) is 0 Å². The molecule has 21 heavy (non-hydrogen) atoms. The molecule has 108 valence electrons. The van der Waals surface area contributed by atoms with Crippen LogP contribution >= 0.6 is 0 Å². The number of amides is 1. The average Bonchev–Trinajstić information content (AvgIpc) is 2.58. The molecule has 1 aromatic carbocycles. The average molecular weight is 288 g/mol. The molecule has 7 nitrogen and oxygen atoms in total. The van der Waals surface area contributed by atoms with Crippen LogP contribution in [0.1, 0.15) is 12.5 Å². The minimum Gasteiger partial charge on any atom is -0.463 e. The molecule has 0 fully saturated rings. The topological polar surface area (TPSA) is 98.5 Å². The monoisotopic (exact) mass is 288 g/mol. The first-order valence-corrected chi connectivity index (χ1v) is 6.17. The maximum absolute atomic E-state index is 11.6. The van der Waals surface area contributed by atoms with E-state index in [0.717, 1.165) is 0 Å². The molecule has 0 saturated heterocycles. The summed E-state index contributed by atoms with van der Waals surface area (Å²) in [6.45, 7) is 1.92. The molecule has 2 rings (SSSR count). The largest absolute Gasteiger partial charge is 0.463 e. The predicted octanol–water partition coefficient (Wildman–Crippen LogP) is 2.05. The molecule has 1 amide bonds. The summed E-state index contributed by atoms with van der Waals surface area (Å²) in [5, 5.41) is 13.3. The second-order valence-electron chi connectivity index (χ2n) is 4.16. The van der Waals surface area contributed by atoms with Crippen molar-refractivity contribution in [1.29, 1.82) is 0 Å². The molecule has 7 heteroatoms. The minimum absolute atomic E-state index is 0.147. The standard InChI is InChI=1S/C14H12N2O5/c1-2-21-14(18)7-9-3-6-13(17)15-12-8-10(16(19)20)4-5-11(9)12/h3-8H,2H2,1H3,(H,15,17). The molecule has 1 heterocycles. The highest BCUT2D eigenvalue weighted by Crippen LogP contribution is 2.30. The number of rotatable bonds is 3. The van der Waals surface area contributed by atoms with Crippen LogP contribution < -0.4 is 5.32 Å². The quantitative estimate of drug-likeness (QED) is 0.397. The van der Waals surface area contributed by atoms with Crippen LogP contribution in [0, 0.1) is 10.1 Å². The van der Waals surface area contributed by atoms with Crippen LogP contribution in [-0.4, -0.2) is 23.4 Å². The van der Waals surface area contributed by atoms with E-state index in [1.54, 1.807) is 6.92 Å². The van der Waals surface area contributed by atoms with Gasteiger partial charge in [0.25, 0.3) is 5.69 Å². The number of nitro benzene ring substituents is 1. The molecule has 0 spiro atoms. The number of non-ortho nitro benzene ring substituents is 1. The Hall–Kier alpha value is -2.96. The summed E-state index contributed by atoms with van der Waals surface area (Å²) in [6, 6.07) is 4.04. The van der Waals surface area contributed by atoms with Gasteiger partial charge in [0.2, 0.25) is 5.91 Å². The van der Waals surface area contributed by atoms with Crippen LogP contribution in [0.5, 0.6) is 0 Å². The molecule has 0 bridgehead atoms.